The Kier molecular flexibility index (Phi) is 5.58. The summed E-state index contributed by atoms with van der Waals surface area (Å²) in [5.74, 6) is 0. The van der Waals surface area contributed by atoms with E-state index in [1.54, 1.807) is 0 Å². The van der Waals surface area contributed by atoms with Gasteiger partial charge in [-0.15, -0.1) is 0 Å². The van der Waals surface area contributed by atoms with Crippen LogP contribution in [0, 0.1) is 48.5 Å². The van der Waals surface area contributed by atoms with Crippen LogP contribution in [0.15, 0.2) is 66.7 Å². The van der Waals surface area contributed by atoms with Gasteiger partial charge in [-0.25, -0.2) is 0 Å². The largest absolute Gasteiger partial charge is 0.0563 e. The summed E-state index contributed by atoms with van der Waals surface area (Å²) in [5.41, 5.74) is 17.0. The van der Waals surface area contributed by atoms with Crippen molar-refractivity contribution in [3.63, 3.8) is 0 Å². The average Bonchev–Trinajstić information content (AvgIpc) is 2.65. The van der Waals surface area contributed by atoms with Gasteiger partial charge in [0.05, 0.1) is 0 Å². The van der Waals surface area contributed by atoms with Crippen LogP contribution in [0.1, 0.15) is 38.9 Å². The third-order valence-corrected chi connectivity index (χ3v) is 6.01. The molecule has 4 aromatic rings. The highest BCUT2D eigenvalue weighted by Gasteiger charge is 2.11. The number of hydrogen-bond acceptors (Lipinski definition) is 0. The Morgan fingerprint density at radius 3 is 1.03 bits per heavy atom. The summed E-state index contributed by atoms with van der Waals surface area (Å²) < 4.78 is 0. The van der Waals surface area contributed by atoms with E-state index in [4.69, 9.17) is 0 Å². The van der Waals surface area contributed by atoms with Crippen LogP contribution in [0.25, 0.3) is 33.4 Å². The Labute approximate surface area is 187 Å². The molecule has 0 radical (unpaired) electrons. The van der Waals surface area contributed by atoms with Gasteiger partial charge in [0.25, 0.3) is 0 Å². The van der Waals surface area contributed by atoms with Gasteiger partial charge in [0, 0.05) is 0 Å². The lowest BCUT2D eigenvalue weighted by atomic mass is 9.89. The summed E-state index contributed by atoms with van der Waals surface area (Å²) >= 11 is 0. The van der Waals surface area contributed by atoms with E-state index < -0.39 is 0 Å². The Morgan fingerprint density at radius 1 is 0.290 bits per heavy atom. The molecule has 0 heteroatoms. The maximum Gasteiger partial charge on any atom is -0.0125 e. The van der Waals surface area contributed by atoms with Gasteiger partial charge in [0.1, 0.15) is 0 Å². The van der Waals surface area contributed by atoms with Crippen LogP contribution in [0.3, 0.4) is 0 Å². The fourth-order valence-electron chi connectivity index (χ4n) is 4.99. The van der Waals surface area contributed by atoms with Crippen LogP contribution < -0.4 is 0 Å². The van der Waals surface area contributed by atoms with Crippen molar-refractivity contribution in [3.8, 4) is 33.4 Å². The van der Waals surface area contributed by atoms with Gasteiger partial charge in [-0.05, 0) is 116 Å². The van der Waals surface area contributed by atoms with Gasteiger partial charge >= 0.3 is 0 Å². The lowest BCUT2D eigenvalue weighted by Crippen LogP contribution is -1.92. The van der Waals surface area contributed by atoms with Crippen LogP contribution in [-0.4, -0.2) is 0 Å². The second-order valence-corrected chi connectivity index (χ2v) is 9.33. The van der Waals surface area contributed by atoms with E-state index in [0.29, 0.717) is 0 Å². The monoisotopic (exact) mass is 404 g/mol. The molecule has 0 unspecified atom stereocenters. The number of aryl methyl sites for hydroxylation is 7. The van der Waals surface area contributed by atoms with Gasteiger partial charge < -0.3 is 0 Å². The highest BCUT2D eigenvalue weighted by molar-refractivity contribution is 5.80. The highest BCUT2D eigenvalue weighted by Crippen LogP contribution is 2.35. The van der Waals surface area contributed by atoms with Crippen LogP contribution in [0.5, 0.6) is 0 Å². The molecule has 0 aliphatic heterocycles. The number of hydrogen-bond donors (Lipinski definition) is 0. The summed E-state index contributed by atoms with van der Waals surface area (Å²) in [6, 6.07) is 25.3. The Morgan fingerprint density at radius 2 is 0.581 bits per heavy atom. The molecular weight excluding hydrogens is 372 g/mol. The fourth-order valence-corrected chi connectivity index (χ4v) is 4.99. The van der Waals surface area contributed by atoms with Crippen molar-refractivity contribution in [1.82, 2.24) is 0 Å². The molecule has 0 heterocycles. The zero-order chi connectivity index (χ0) is 22.3. The maximum atomic E-state index is 2.36. The Bertz CT molecular complexity index is 1240. The average molecular weight is 405 g/mol. The Balaban J connectivity index is 1.87. The van der Waals surface area contributed by atoms with Crippen LogP contribution in [0.2, 0.25) is 0 Å². The van der Waals surface area contributed by atoms with Gasteiger partial charge in [-0.3, -0.25) is 0 Å². The van der Waals surface area contributed by atoms with Crippen molar-refractivity contribution < 1.29 is 0 Å². The van der Waals surface area contributed by atoms with E-state index in [0.717, 1.165) is 0 Å². The van der Waals surface area contributed by atoms with E-state index in [-0.39, 0.29) is 0 Å². The first kappa shape index (κ1) is 21.1. The normalized spacial score (nSPS) is 11.1. The van der Waals surface area contributed by atoms with Crippen LogP contribution in [-0.2, 0) is 0 Å². The molecule has 0 fully saturated rings. The topological polar surface area (TPSA) is 0 Å². The van der Waals surface area contributed by atoms with Gasteiger partial charge in [0.15, 0.2) is 0 Å². The number of benzene rings is 4. The molecule has 0 saturated heterocycles. The molecule has 4 aromatic carbocycles. The summed E-state index contributed by atoms with van der Waals surface area (Å²) in [4.78, 5) is 0. The first-order valence-corrected chi connectivity index (χ1v) is 11.1. The van der Waals surface area contributed by atoms with Crippen molar-refractivity contribution in [3.05, 3.63) is 106 Å². The summed E-state index contributed by atoms with van der Waals surface area (Å²) in [6.07, 6.45) is 0. The zero-order valence-corrected chi connectivity index (χ0v) is 19.9. The lowest BCUT2D eigenvalue weighted by Gasteiger charge is -2.15. The molecule has 0 spiro atoms. The second-order valence-electron chi connectivity index (χ2n) is 9.33. The van der Waals surface area contributed by atoms with Crippen LogP contribution >= 0.6 is 0 Å². The third-order valence-electron chi connectivity index (χ3n) is 6.01. The van der Waals surface area contributed by atoms with E-state index in [1.165, 1.54) is 72.3 Å². The smallest absolute Gasteiger partial charge is 0.0125 e. The predicted octanol–water partition coefficient (Wildman–Crippen LogP) is 8.85. The summed E-state index contributed by atoms with van der Waals surface area (Å²) in [5, 5.41) is 0. The summed E-state index contributed by atoms with van der Waals surface area (Å²) in [6.45, 7) is 15.4. The van der Waals surface area contributed by atoms with Crippen molar-refractivity contribution in [2.24, 2.45) is 0 Å². The maximum absolute atomic E-state index is 2.36. The second kappa shape index (κ2) is 8.19. The molecule has 0 amide bonds. The fraction of sp³-hybridized carbons (Fsp3) is 0.226. The standard InChI is InChI=1S/C31H32/c1-19-8-20(2)12-26(11-19)27-13-22(4)14-28(17-27)29-15-23(5)16-30(18-29)31-24(6)9-21(3)10-25(31)7/h8-18H,1-7H3. The minimum atomic E-state index is 1.28. The quantitative estimate of drug-likeness (QED) is 0.320. The lowest BCUT2D eigenvalue weighted by molar-refractivity contribution is 1.31. The molecule has 31 heavy (non-hydrogen) atoms. The molecule has 0 aliphatic carbocycles. The van der Waals surface area contributed by atoms with Crippen LogP contribution in [0.4, 0.5) is 0 Å². The van der Waals surface area contributed by atoms with Crippen molar-refractivity contribution >= 4 is 0 Å². The third kappa shape index (κ3) is 4.49. The zero-order valence-electron chi connectivity index (χ0n) is 19.9. The minimum absolute atomic E-state index is 1.28. The van der Waals surface area contributed by atoms with Crippen molar-refractivity contribution in [1.29, 1.82) is 0 Å². The highest BCUT2D eigenvalue weighted by atomic mass is 14.2. The van der Waals surface area contributed by atoms with E-state index in [9.17, 15) is 0 Å². The predicted molar refractivity (Wildman–Crippen MR) is 136 cm³/mol. The minimum Gasteiger partial charge on any atom is -0.0563 e. The molecule has 0 nitrogen and oxygen atoms in total. The molecule has 156 valence electrons. The molecule has 0 saturated carbocycles. The summed E-state index contributed by atoms with van der Waals surface area (Å²) in [7, 11) is 0. The van der Waals surface area contributed by atoms with Gasteiger partial charge in [-0.1, -0.05) is 71.3 Å². The molecule has 0 atom stereocenters. The van der Waals surface area contributed by atoms with Crippen molar-refractivity contribution in [2.75, 3.05) is 0 Å². The molecule has 4 rings (SSSR count). The first-order chi connectivity index (χ1) is 14.7. The number of rotatable bonds is 3. The molecule has 0 bridgehead atoms. The van der Waals surface area contributed by atoms with Gasteiger partial charge in [-0.2, -0.15) is 0 Å². The molecule has 0 N–H and O–H groups in total. The van der Waals surface area contributed by atoms with Gasteiger partial charge in [0.2, 0.25) is 0 Å². The first-order valence-electron chi connectivity index (χ1n) is 11.1. The van der Waals surface area contributed by atoms with E-state index in [2.05, 4.69) is 115 Å². The molecule has 0 aromatic heterocycles. The Hall–Kier alpha value is -3.12. The van der Waals surface area contributed by atoms with E-state index in [1.807, 2.05) is 0 Å². The SMILES string of the molecule is Cc1cc(C)cc(-c2cc(C)cc(-c3cc(C)cc(-c4c(C)cc(C)cc4C)c3)c2)c1. The molecular formula is C31H32. The van der Waals surface area contributed by atoms with Crippen molar-refractivity contribution in [2.45, 2.75) is 48.5 Å². The van der Waals surface area contributed by atoms with E-state index >= 15 is 0 Å². The molecule has 0 aliphatic rings.